The Morgan fingerprint density at radius 1 is 1.23 bits per heavy atom. The Morgan fingerprint density at radius 2 is 2.09 bits per heavy atom. The fourth-order valence-electron chi connectivity index (χ4n) is 2.28. The van der Waals surface area contributed by atoms with Crippen LogP contribution in [0.25, 0.3) is 10.8 Å². The topological polar surface area (TPSA) is 51.2 Å². The largest absolute Gasteiger partial charge is 0.495 e. The van der Waals surface area contributed by atoms with Gasteiger partial charge in [0.05, 0.1) is 12.8 Å². The summed E-state index contributed by atoms with van der Waals surface area (Å²) in [5.74, 6) is 0.315. The van der Waals surface area contributed by atoms with Crippen LogP contribution in [0.1, 0.15) is 10.4 Å². The monoisotopic (exact) mass is 312 g/mol. The molecule has 3 aromatic rings. The third-order valence-electron chi connectivity index (χ3n) is 3.34. The van der Waals surface area contributed by atoms with Crippen LogP contribution in [0.2, 0.25) is 5.02 Å². The number of carbonyl (C=O) groups excluding carboxylic acids is 1. The Balaban J connectivity index is 1.99. The Morgan fingerprint density at radius 3 is 2.91 bits per heavy atom. The highest BCUT2D eigenvalue weighted by Gasteiger charge is 2.13. The molecule has 0 aliphatic heterocycles. The minimum absolute atomic E-state index is 0.237. The fourth-order valence-corrected chi connectivity index (χ4v) is 2.45. The van der Waals surface area contributed by atoms with Crippen LogP contribution < -0.4 is 10.1 Å². The van der Waals surface area contributed by atoms with Crippen molar-refractivity contribution in [2.45, 2.75) is 0 Å². The van der Waals surface area contributed by atoms with E-state index >= 15 is 0 Å². The molecule has 0 saturated heterocycles. The van der Waals surface area contributed by atoms with E-state index < -0.39 is 0 Å². The van der Waals surface area contributed by atoms with Crippen LogP contribution in [-0.2, 0) is 0 Å². The molecule has 0 radical (unpaired) electrons. The van der Waals surface area contributed by atoms with E-state index in [1.807, 2.05) is 18.2 Å². The van der Waals surface area contributed by atoms with Crippen molar-refractivity contribution < 1.29 is 9.53 Å². The molecule has 110 valence electrons. The molecule has 2 aromatic carbocycles. The summed E-state index contributed by atoms with van der Waals surface area (Å²) >= 11 is 5.98. The summed E-state index contributed by atoms with van der Waals surface area (Å²) in [6.07, 6.45) is 3.38. The summed E-state index contributed by atoms with van der Waals surface area (Å²) in [6, 6.07) is 12.5. The van der Waals surface area contributed by atoms with Crippen molar-refractivity contribution in [3.8, 4) is 5.75 Å². The van der Waals surface area contributed by atoms with Gasteiger partial charge in [-0.05, 0) is 35.7 Å². The van der Waals surface area contributed by atoms with E-state index in [1.165, 1.54) is 0 Å². The van der Waals surface area contributed by atoms with E-state index in [0.29, 0.717) is 22.0 Å². The lowest BCUT2D eigenvalue weighted by Crippen LogP contribution is -2.13. The van der Waals surface area contributed by atoms with Gasteiger partial charge in [0.2, 0.25) is 0 Å². The number of carbonyl (C=O) groups is 1. The third kappa shape index (κ3) is 2.73. The van der Waals surface area contributed by atoms with Crippen molar-refractivity contribution in [1.29, 1.82) is 0 Å². The predicted molar refractivity (Wildman–Crippen MR) is 87.7 cm³/mol. The first-order chi connectivity index (χ1) is 10.7. The number of ether oxygens (including phenoxy) is 1. The number of anilines is 1. The Kier molecular flexibility index (Phi) is 3.94. The second kappa shape index (κ2) is 6.03. The second-order valence-electron chi connectivity index (χ2n) is 4.70. The number of hydrogen-bond donors (Lipinski definition) is 1. The van der Waals surface area contributed by atoms with E-state index in [1.54, 1.807) is 43.8 Å². The van der Waals surface area contributed by atoms with Gasteiger partial charge < -0.3 is 10.1 Å². The number of hydrogen-bond acceptors (Lipinski definition) is 3. The zero-order valence-corrected chi connectivity index (χ0v) is 12.6. The van der Waals surface area contributed by atoms with Gasteiger partial charge >= 0.3 is 0 Å². The maximum absolute atomic E-state index is 12.6. The summed E-state index contributed by atoms with van der Waals surface area (Å²) in [7, 11) is 1.54. The minimum Gasteiger partial charge on any atom is -0.495 e. The molecular weight excluding hydrogens is 300 g/mol. The van der Waals surface area contributed by atoms with Crippen LogP contribution in [0.3, 0.4) is 0 Å². The molecule has 0 aliphatic carbocycles. The molecule has 0 unspecified atom stereocenters. The molecule has 0 saturated carbocycles. The van der Waals surface area contributed by atoms with E-state index in [-0.39, 0.29) is 5.91 Å². The number of amides is 1. The smallest absolute Gasteiger partial charge is 0.256 e. The van der Waals surface area contributed by atoms with Crippen LogP contribution in [0, 0.1) is 0 Å². The number of pyridine rings is 1. The SMILES string of the molecule is COc1ccc(Cl)cc1NC(=O)c1cccc2ccncc12. The summed E-state index contributed by atoms with van der Waals surface area (Å²) in [5, 5.41) is 5.11. The predicted octanol–water partition coefficient (Wildman–Crippen LogP) is 4.15. The molecule has 22 heavy (non-hydrogen) atoms. The maximum Gasteiger partial charge on any atom is 0.256 e. The van der Waals surface area contributed by atoms with Gasteiger partial charge in [-0.2, -0.15) is 0 Å². The minimum atomic E-state index is -0.237. The van der Waals surface area contributed by atoms with Crippen molar-refractivity contribution >= 4 is 34.0 Å². The summed E-state index contributed by atoms with van der Waals surface area (Å²) in [6.45, 7) is 0. The number of halogens is 1. The maximum atomic E-state index is 12.6. The van der Waals surface area contributed by atoms with Gasteiger partial charge in [0, 0.05) is 28.4 Å². The number of rotatable bonds is 3. The first kappa shape index (κ1) is 14.4. The summed E-state index contributed by atoms with van der Waals surface area (Å²) < 4.78 is 5.24. The van der Waals surface area contributed by atoms with E-state index in [9.17, 15) is 4.79 Å². The number of methoxy groups -OCH3 is 1. The Bertz CT molecular complexity index is 844. The van der Waals surface area contributed by atoms with Crippen LogP contribution in [0.15, 0.2) is 54.9 Å². The van der Waals surface area contributed by atoms with Crippen molar-refractivity contribution in [1.82, 2.24) is 4.98 Å². The molecule has 1 heterocycles. The van der Waals surface area contributed by atoms with Crippen molar-refractivity contribution in [3.05, 3.63) is 65.4 Å². The third-order valence-corrected chi connectivity index (χ3v) is 3.57. The number of fused-ring (bicyclic) bond motifs is 1. The zero-order valence-electron chi connectivity index (χ0n) is 11.8. The lowest BCUT2D eigenvalue weighted by molar-refractivity contribution is 0.102. The molecule has 0 aliphatic rings. The normalized spacial score (nSPS) is 10.5. The van der Waals surface area contributed by atoms with Crippen LogP contribution in [0.4, 0.5) is 5.69 Å². The zero-order chi connectivity index (χ0) is 15.5. The molecule has 3 rings (SSSR count). The number of nitrogens with one attached hydrogen (secondary N) is 1. The highest BCUT2D eigenvalue weighted by Crippen LogP contribution is 2.28. The van der Waals surface area contributed by atoms with E-state index in [0.717, 1.165) is 10.8 Å². The van der Waals surface area contributed by atoms with Gasteiger partial charge in [-0.3, -0.25) is 9.78 Å². The van der Waals surface area contributed by atoms with Crippen LogP contribution in [-0.4, -0.2) is 18.0 Å². The van der Waals surface area contributed by atoms with Crippen molar-refractivity contribution in [3.63, 3.8) is 0 Å². The molecule has 4 nitrogen and oxygen atoms in total. The molecule has 0 atom stereocenters. The average molecular weight is 313 g/mol. The second-order valence-corrected chi connectivity index (χ2v) is 5.14. The van der Waals surface area contributed by atoms with Crippen LogP contribution >= 0.6 is 11.6 Å². The highest BCUT2D eigenvalue weighted by molar-refractivity contribution is 6.31. The number of nitrogens with zero attached hydrogens (tertiary/aromatic N) is 1. The Hall–Kier alpha value is -2.59. The quantitative estimate of drug-likeness (QED) is 0.790. The van der Waals surface area contributed by atoms with Gasteiger partial charge in [-0.25, -0.2) is 0 Å². The van der Waals surface area contributed by atoms with Gasteiger partial charge in [0.25, 0.3) is 5.91 Å². The highest BCUT2D eigenvalue weighted by atomic mass is 35.5. The number of aromatic nitrogens is 1. The van der Waals surface area contributed by atoms with Crippen LogP contribution in [0.5, 0.6) is 5.75 Å². The van der Waals surface area contributed by atoms with Crippen molar-refractivity contribution in [2.24, 2.45) is 0 Å². The molecule has 5 heteroatoms. The van der Waals surface area contributed by atoms with Gasteiger partial charge in [0.1, 0.15) is 5.75 Å². The fraction of sp³-hybridized carbons (Fsp3) is 0.0588. The van der Waals surface area contributed by atoms with Gasteiger partial charge in [0.15, 0.2) is 0 Å². The Labute approximate surface area is 132 Å². The van der Waals surface area contributed by atoms with E-state index in [2.05, 4.69) is 10.3 Å². The lowest BCUT2D eigenvalue weighted by atomic mass is 10.1. The molecular formula is C17H13ClN2O2. The summed E-state index contributed by atoms with van der Waals surface area (Å²) in [4.78, 5) is 16.7. The summed E-state index contributed by atoms with van der Waals surface area (Å²) in [5.41, 5.74) is 1.08. The molecule has 1 aromatic heterocycles. The number of benzene rings is 2. The first-order valence-corrected chi connectivity index (χ1v) is 7.04. The van der Waals surface area contributed by atoms with Crippen molar-refractivity contribution in [2.75, 3.05) is 12.4 Å². The van der Waals surface area contributed by atoms with E-state index in [4.69, 9.17) is 16.3 Å². The molecule has 1 amide bonds. The molecule has 0 fully saturated rings. The van der Waals surface area contributed by atoms with Gasteiger partial charge in [-0.15, -0.1) is 0 Å². The average Bonchev–Trinajstić information content (AvgIpc) is 2.54. The molecule has 0 bridgehead atoms. The first-order valence-electron chi connectivity index (χ1n) is 6.66. The lowest BCUT2D eigenvalue weighted by Gasteiger charge is -2.11. The molecule has 1 N–H and O–H groups in total. The van der Waals surface area contributed by atoms with Gasteiger partial charge in [-0.1, -0.05) is 23.7 Å². The standard InChI is InChI=1S/C17H13ClN2O2/c1-22-16-6-5-12(18)9-15(16)20-17(21)13-4-2-3-11-7-8-19-10-14(11)13/h2-10H,1H3,(H,20,21). The molecule has 0 spiro atoms.